The number of nitrogens with zero attached hydrogens (tertiary/aromatic N) is 2. The van der Waals surface area contributed by atoms with Crippen molar-refractivity contribution in [2.75, 3.05) is 0 Å². The molecule has 0 atom stereocenters. The second-order valence-corrected chi connectivity index (χ2v) is 4.98. The van der Waals surface area contributed by atoms with Gasteiger partial charge in [0.05, 0.1) is 29.1 Å². The molecule has 0 bridgehead atoms. The first-order chi connectivity index (χ1) is 6.42. The smallest absolute Gasteiger partial charge is 0.398 e. The van der Waals surface area contributed by atoms with Crippen LogP contribution in [0.1, 0.15) is 27.7 Å². The minimum Gasteiger partial charge on any atom is -0.398 e. The second kappa shape index (κ2) is 3.02. The van der Waals surface area contributed by atoms with Crippen LogP contribution in [0.5, 0.6) is 0 Å². The van der Waals surface area contributed by atoms with Gasteiger partial charge in [0.25, 0.3) is 0 Å². The molecule has 0 aromatic carbocycles. The lowest BCUT2D eigenvalue weighted by molar-refractivity contribution is 0.00578. The lowest BCUT2D eigenvalue weighted by Crippen LogP contribution is -2.41. The van der Waals surface area contributed by atoms with Crippen molar-refractivity contribution in [3.8, 4) is 0 Å². The maximum Gasteiger partial charge on any atom is 0.517 e. The summed E-state index contributed by atoms with van der Waals surface area (Å²) in [5.74, 6) is 0. The highest BCUT2D eigenvalue weighted by atomic mass is 32.1. The first-order valence-corrected chi connectivity index (χ1v) is 5.28. The van der Waals surface area contributed by atoms with Gasteiger partial charge in [-0.1, -0.05) is 0 Å². The van der Waals surface area contributed by atoms with E-state index in [9.17, 15) is 0 Å². The summed E-state index contributed by atoms with van der Waals surface area (Å²) in [5, 5.41) is 0. The van der Waals surface area contributed by atoms with Crippen LogP contribution >= 0.6 is 11.7 Å². The number of hydrogen-bond donors (Lipinski definition) is 0. The fourth-order valence-electron chi connectivity index (χ4n) is 1.24. The van der Waals surface area contributed by atoms with Crippen LogP contribution in [0.25, 0.3) is 0 Å². The van der Waals surface area contributed by atoms with Crippen LogP contribution in [-0.2, 0) is 9.31 Å². The Hall–Kier alpha value is -0.455. The van der Waals surface area contributed by atoms with Crippen molar-refractivity contribution in [1.82, 2.24) is 8.75 Å². The van der Waals surface area contributed by atoms with Crippen molar-refractivity contribution < 1.29 is 9.31 Å². The highest BCUT2D eigenvalue weighted by Gasteiger charge is 2.52. The molecule has 6 heteroatoms. The molecule has 2 rings (SSSR count). The van der Waals surface area contributed by atoms with Gasteiger partial charge < -0.3 is 9.31 Å². The predicted octanol–water partition coefficient (Wildman–Crippen LogP) is 0.837. The maximum absolute atomic E-state index is 5.79. The summed E-state index contributed by atoms with van der Waals surface area (Å²) >= 11 is 1.17. The third kappa shape index (κ3) is 1.47. The third-order valence-electron chi connectivity index (χ3n) is 2.87. The van der Waals surface area contributed by atoms with Crippen LogP contribution in [0.2, 0.25) is 0 Å². The zero-order valence-electron chi connectivity index (χ0n) is 8.77. The van der Waals surface area contributed by atoms with E-state index in [4.69, 9.17) is 9.31 Å². The number of aromatic nitrogens is 2. The molecule has 1 fully saturated rings. The van der Waals surface area contributed by atoms with Gasteiger partial charge >= 0.3 is 7.12 Å². The average molecular weight is 212 g/mol. The Morgan fingerprint density at radius 3 is 2.21 bits per heavy atom. The van der Waals surface area contributed by atoms with Crippen LogP contribution in [0.15, 0.2) is 6.20 Å². The van der Waals surface area contributed by atoms with E-state index >= 15 is 0 Å². The Kier molecular flexibility index (Phi) is 2.17. The number of rotatable bonds is 1. The van der Waals surface area contributed by atoms with E-state index in [0.29, 0.717) is 0 Å². The summed E-state index contributed by atoms with van der Waals surface area (Å²) in [5.41, 5.74) is 0.149. The predicted molar refractivity (Wildman–Crippen MR) is 55.6 cm³/mol. The van der Waals surface area contributed by atoms with Crippen LogP contribution in [0.4, 0.5) is 0 Å². The van der Waals surface area contributed by atoms with Gasteiger partial charge in [0.15, 0.2) is 0 Å². The molecule has 0 unspecified atom stereocenters. The van der Waals surface area contributed by atoms with Gasteiger partial charge in [-0.25, -0.2) is 0 Å². The van der Waals surface area contributed by atoms with E-state index in [-0.39, 0.29) is 18.3 Å². The molecule has 2 heterocycles. The third-order valence-corrected chi connectivity index (χ3v) is 3.37. The summed E-state index contributed by atoms with van der Waals surface area (Å²) < 4.78 is 19.6. The molecule has 0 N–H and O–H groups in total. The fourth-order valence-corrected chi connectivity index (χ4v) is 1.67. The van der Waals surface area contributed by atoms with E-state index < -0.39 is 0 Å². The van der Waals surface area contributed by atoms with Crippen LogP contribution in [-0.4, -0.2) is 27.1 Å². The molecular weight excluding hydrogens is 199 g/mol. The summed E-state index contributed by atoms with van der Waals surface area (Å²) in [4.78, 5) is 0. The first kappa shape index (κ1) is 10.1. The lowest BCUT2D eigenvalue weighted by Gasteiger charge is -2.32. The molecule has 1 saturated heterocycles. The molecule has 76 valence electrons. The molecule has 1 aromatic heterocycles. The Bertz CT molecular complexity index is 310. The number of hydrogen-bond acceptors (Lipinski definition) is 5. The van der Waals surface area contributed by atoms with Gasteiger partial charge in [-0.15, -0.1) is 0 Å². The summed E-state index contributed by atoms with van der Waals surface area (Å²) in [6, 6.07) is 0. The molecular formula is C8H13BN2O2S. The fraction of sp³-hybridized carbons (Fsp3) is 0.750. The van der Waals surface area contributed by atoms with E-state index in [0.717, 1.165) is 5.59 Å². The molecule has 14 heavy (non-hydrogen) atoms. The van der Waals surface area contributed by atoms with E-state index in [1.54, 1.807) is 6.20 Å². The van der Waals surface area contributed by atoms with Crippen molar-refractivity contribution in [1.29, 1.82) is 0 Å². The highest BCUT2D eigenvalue weighted by Crippen LogP contribution is 2.36. The summed E-state index contributed by atoms with van der Waals surface area (Å²) in [6.45, 7) is 8.08. The average Bonchev–Trinajstić information content (AvgIpc) is 2.58. The van der Waals surface area contributed by atoms with Crippen molar-refractivity contribution in [3.05, 3.63) is 6.20 Å². The molecule has 4 nitrogen and oxygen atoms in total. The van der Waals surface area contributed by atoms with E-state index in [1.165, 1.54) is 11.7 Å². The second-order valence-electron chi connectivity index (χ2n) is 4.42. The Morgan fingerprint density at radius 2 is 1.79 bits per heavy atom. The zero-order chi connectivity index (χ0) is 10.4. The van der Waals surface area contributed by atoms with E-state index in [2.05, 4.69) is 8.75 Å². The lowest BCUT2D eigenvalue weighted by atomic mass is 9.86. The quantitative estimate of drug-likeness (QED) is 0.647. The molecule has 0 aliphatic carbocycles. The van der Waals surface area contributed by atoms with Crippen molar-refractivity contribution in [3.63, 3.8) is 0 Å². The maximum atomic E-state index is 5.79. The molecule has 0 spiro atoms. The molecule has 0 saturated carbocycles. The monoisotopic (exact) mass is 212 g/mol. The van der Waals surface area contributed by atoms with Crippen molar-refractivity contribution in [2.45, 2.75) is 38.9 Å². The SMILES string of the molecule is CC1(C)OB(c2cnsn2)OC1(C)C. The van der Waals surface area contributed by atoms with Crippen LogP contribution < -0.4 is 5.59 Å². The van der Waals surface area contributed by atoms with Gasteiger partial charge in [-0.05, 0) is 27.7 Å². The Morgan fingerprint density at radius 1 is 1.21 bits per heavy atom. The Balaban J connectivity index is 2.22. The largest absolute Gasteiger partial charge is 0.517 e. The molecule has 0 radical (unpaired) electrons. The molecule has 1 aliphatic rings. The van der Waals surface area contributed by atoms with Gasteiger partial charge in [0, 0.05) is 0 Å². The molecule has 1 aromatic rings. The molecule has 0 amide bonds. The normalized spacial score (nSPS) is 24.1. The topological polar surface area (TPSA) is 44.2 Å². The minimum atomic E-state index is -0.376. The van der Waals surface area contributed by atoms with Gasteiger partial charge in [0.1, 0.15) is 5.59 Å². The van der Waals surface area contributed by atoms with Gasteiger partial charge in [-0.2, -0.15) is 8.75 Å². The highest BCUT2D eigenvalue weighted by molar-refractivity contribution is 7.00. The molecule has 1 aliphatic heterocycles. The van der Waals surface area contributed by atoms with Crippen molar-refractivity contribution >= 4 is 24.4 Å². The standard InChI is InChI=1S/C8H13BN2O2S/c1-7(2)8(3,4)13-9(12-7)6-5-10-14-11-6/h5H,1-4H3. The minimum absolute atomic E-state index is 0.304. The first-order valence-electron chi connectivity index (χ1n) is 4.55. The van der Waals surface area contributed by atoms with Crippen molar-refractivity contribution in [2.24, 2.45) is 0 Å². The van der Waals surface area contributed by atoms with Gasteiger partial charge in [0.2, 0.25) is 0 Å². The van der Waals surface area contributed by atoms with Gasteiger partial charge in [-0.3, -0.25) is 0 Å². The zero-order valence-corrected chi connectivity index (χ0v) is 9.59. The summed E-state index contributed by atoms with van der Waals surface area (Å²) in [7, 11) is -0.376. The van der Waals surface area contributed by atoms with Crippen LogP contribution in [0, 0.1) is 0 Å². The van der Waals surface area contributed by atoms with Crippen LogP contribution in [0.3, 0.4) is 0 Å². The Labute approximate surface area is 88.1 Å². The summed E-state index contributed by atoms with van der Waals surface area (Å²) in [6.07, 6.45) is 1.69. The van der Waals surface area contributed by atoms with E-state index in [1.807, 2.05) is 27.7 Å².